The smallest absolute Gasteiger partial charge is 0.243 e. The summed E-state index contributed by atoms with van der Waals surface area (Å²) in [6.45, 7) is 2.05. The first-order valence-electron chi connectivity index (χ1n) is 5.85. The fraction of sp³-hybridized carbons (Fsp3) is 0.417. The summed E-state index contributed by atoms with van der Waals surface area (Å²) < 4.78 is 26.1. The Labute approximate surface area is 118 Å². The van der Waals surface area contributed by atoms with E-state index in [1.54, 1.807) is 19.1 Å². The molecule has 1 aliphatic heterocycles. The zero-order valence-electron chi connectivity index (χ0n) is 10.5. The summed E-state index contributed by atoms with van der Waals surface area (Å²) in [6, 6.07) is 6.24. The molecule has 1 aromatic rings. The van der Waals surface area contributed by atoms with E-state index in [-0.39, 0.29) is 16.4 Å². The van der Waals surface area contributed by atoms with Gasteiger partial charge in [-0.1, -0.05) is 24.4 Å². The van der Waals surface area contributed by atoms with Crippen molar-refractivity contribution in [1.82, 2.24) is 4.31 Å². The van der Waals surface area contributed by atoms with Gasteiger partial charge < -0.3 is 10.8 Å². The first-order chi connectivity index (χ1) is 8.72. The zero-order chi connectivity index (χ0) is 14.3. The van der Waals surface area contributed by atoms with Crippen molar-refractivity contribution in [3.8, 4) is 0 Å². The van der Waals surface area contributed by atoms with Gasteiger partial charge in [-0.3, -0.25) is 0 Å². The highest BCUT2D eigenvalue weighted by Gasteiger charge is 2.38. The molecule has 19 heavy (non-hydrogen) atoms. The van der Waals surface area contributed by atoms with Crippen molar-refractivity contribution in [1.29, 1.82) is 0 Å². The molecular weight excluding hydrogens is 284 g/mol. The average molecular weight is 300 g/mol. The third-order valence-electron chi connectivity index (χ3n) is 3.17. The second-order valence-electron chi connectivity index (χ2n) is 4.98. The van der Waals surface area contributed by atoms with Crippen molar-refractivity contribution in [3.63, 3.8) is 0 Å². The summed E-state index contributed by atoms with van der Waals surface area (Å²) in [5.41, 5.74) is 5.06. The number of β-amino-alcohol motifs (C(OH)–C–C–N with tert-alkyl or cyclic N) is 1. The Morgan fingerprint density at radius 2 is 2.21 bits per heavy atom. The maximum atomic E-state index is 12.4. The predicted molar refractivity (Wildman–Crippen MR) is 76.3 cm³/mol. The Balaban J connectivity index is 2.35. The highest BCUT2D eigenvalue weighted by molar-refractivity contribution is 7.89. The molecule has 2 rings (SSSR count). The van der Waals surface area contributed by atoms with Gasteiger partial charge in [0.05, 0.1) is 10.5 Å². The van der Waals surface area contributed by atoms with Crippen molar-refractivity contribution in [2.45, 2.75) is 23.8 Å². The minimum absolute atomic E-state index is 0.104. The molecule has 1 heterocycles. The molecule has 1 unspecified atom stereocenters. The molecule has 0 aromatic heterocycles. The van der Waals surface area contributed by atoms with Gasteiger partial charge in [-0.15, -0.1) is 0 Å². The van der Waals surface area contributed by atoms with E-state index in [1.165, 1.54) is 16.4 Å². The normalized spacial score (nSPS) is 24.5. The van der Waals surface area contributed by atoms with Crippen LogP contribution in [0.5, 0.6) is 0 Å². The van der Waals surface area contributed by atoms with Crippen molar-refractivity contribution in [2.24, 2.45) is 5.73 Å². The van der Waals surface area contributed by atoms with Gasteiger partial charge in [-0.25, -0.2) is 8.42 Å². The highest BCUT2D eigenvalue weighted by Crippen LogP contribution is 2.27. The van der Waals surface area contributed by atoms with Crippen LogP contribution in [0.3, 0.4) is 0 Å². The number of benzene rings is 1. The third-order valence-corrected chi connectivity index (χ3v) is 5.25. The molecule has 1 aliphatic rings. The summed E-state index contributed by atoms with van der Waals surface area (Å²) >= 11 is 4.85. The van der Waals surface area contributed by atoms with Gasteiger partial charge >= 0.3 is 0 Å². The summed E-state index contributed by atoms with van der Waals surface area (Å²) in [7, 11) is -3.61. The average Bonchev–Trinajstić information content (AvgIpc) is 2.70. The van der Waals surface area contributed by atoms with Crippen molar-refractivity contribution in [2.75, 3.05) is 13.1 Å². The van der Waals surface area contributed by atoms with Crippen LogP contribution < -0.4 is 5.73 Å². The molecule has 0 saturated carbocycles. The number of rotatable bonds is 3. The van der Waals surface area contributed by atoms with Gasteiger partial charge in [0.1, 0.15) is 4.99 Å². The van der Waals surface area contributed by atoms with Crippen LogP contribution >= 0.6 is 12.2 Å². The largest absolute Gasteiger partial charge is 0.389 e. The van der Waals surface area contributed by atoms with E-state index in [2.05, 4.69) is 0 Å². The Morgan fingerprint density at radius 3 is 2.74 bits per heavy atom. The molecule has 1 aromatic carbocycles. The molecule has 0 bridgehead atoms. The maximum absolute atomic E-state index is 12.4. The minimum Gasteiger partial charge on any atom is -0.389 e. The lowest BCUT2D eigenvalue weighted by Gasteiger charge is -2.19. The molecule has 7 heteroatoms. The van der Waals surface area contributed by atoms with Crippen molar-refractivity contribution >= 4 is 27.2 Å². The minimum atomic E-state index is -3.61. The van der Waals surface area contributed by atoms with Gasteiger partial charge in [-0.2, -0.15) is 4.31 Å². The van der Waals surface area contributed by atoms with E-state index >= 15 is 0 Å². The Hall–Kier alpha value is -1.02. The van der Waals surface area contributed by atoms with Crippen LogP contribution in [0.1, 0.15) is 18.9 Å². The highest BCUT2D eigenvalue weighted by atomic mass is 32.2. The summed E-state index contributed by atoms with van der Waals surface area (Å²) in [4.78, 5) is 0.306. The summed E-state index contributed by atoms with van der Waals surface area (Å²) in [5.74, 6) is 0. The van der Waals surface area contributed by atoms with Gasteiger partial charge in [-0.05, 0) is 25.5 Å². The van der Waals surface area contributed by atoms with E-state index in [4.69, 9.17) is 18.0 Å². The van der Waals surface area contributed by atoms with Gasteiger partial charge in [0.15, 0.2) is 0 Å². The first-order valence-corrected chi connectivity index (χ1v) is 7.70. The van der Waals surface area contributed by atoms with E-state index in [0.717, 1.165) is 0 Å². The van der Waals surface area contributed by atoms with Crippen molar-refractivity contribution in [3.05, 3.63) is 29.8 Å². The van der Waals surface area contributed by atoms with Crippen molar-refractivity contribution < 1.29 is 13.5 Å². The lowest BCUT2D eigenvalue weighted by Crippen LogP contribution is -2.34. The molecule has 0 aliphatic carbocycles. The van der Waals surface area contributed by atoms with Crippen LogP contribution in [-0.4, -0.2) is 41.5 Å². The summed E-state index contributed by atoms with van der Waals surface area (Å²) in [5, 5.41) is 9.87. The number of thiocarbonyl (C=S) groups is 1. The number of nitrogens with two attached hydrogens (primary N) is 1. The molecule has 1 fully saturated rings. The number of hydrogen-bond acceptors (Lipinski definition) is 4. The monoisotopic (exact) mass is 300 g/mol. The molecule has 1 saturated heterocycles. The van der Waals surface area contributed by atoms with Crippen LogP contribution in [0.25, 0.3) is 0 Å². The standard InChI is InChI=1S/C12H16N2O3S2/c1-12(15)5-6-14(8-12)19(16,17)10-4-2-3-9(7-10)11(13)18/h2-4,7,15H,5-6,8H2,1H3,(H2,13,18). The number of sulfonamides is 1. The second-order valence-corrected chi connectivity index (χ2v) is 7.36. The topological polar surface area (TPSA) is 83.6 Å². The molecule has 104 valence electrons. The lowest BCUT2D eigenvalue weighted by molar-refractivity contribution is 0.0762. The Morgan fingerprint density at radius 1 is 1.53 bits per heavy atom. The third kappa shape index (κ3) is 2.94. The van der Waals surface area contributed by atoms with Crippen LogP contribution in [0.4, 0.5) is 0 Å². The molecule has 5 nitrogen and oxygen atoms in total. The molecule has 0 spiro atoms. The molecule has 3 N–H and O–H groups in total. The van der Waals surface area contributed by atoms with Crippen LogP contribution in [0.15, 0.2) is 29.2 Å². The van der Waals surface area contributed by atoms with Gasteiger partial charge in [0.25, 0.3) is 0 Å². The van der Waals surface area contributed by atoms with E-state index in [1.807, 2.05) is 0 Å². The molecule has 0 radical (unpaired) electrons. The van der Waals surface area contributed by atoms with E-state index in [0.29, 0.717) is 18.5 Å². The predicted octanol–water partition coefficient (Wildman–Crippen LogP) is 0.466. The first kappa shape index (κ1) is 14.4. The summed E-state index contributed by atoms with van der Waals surface area (Å²) in [6.07, 6.45) is 0.432. The van der Waals surface area contributed by atoms with Crippen LogP contribution in [0, 0.1) is 0 Å². The molecule has 1 atom stereocenters. The number of nitrogens with zero attached hydrogens (tertiary/aromatic N) is 1. The fourth-order valence-corrected chi connectivity index (χ4v) is 3.80. The Kier molecular flexibility index (Phi) is 3.65. The van der Waals surface area contributed by atoms with E-state index < -0.39 is 15.6 Å². The number of hydrogen-bond donors (Lipinski definition) is 2. The van der Waals surface area contributed by atoms with E-state index in [9.17, 15) is 13.5 Å². The Bertz CT molecular complexity index is 611. The number of aliphatic hydroxyl groups is 1. The quantitative estimate of drug-likeness (QED) is 0.793. The second kappa shape index (κ2) is 4.82. The molecule has 0 amide bonds. The maximum Gasteiger partial charge on any atom is 0.243 e. The fourth-order valence-electron chi connectivity index (χ4n) is 2.07. The zero-order valence-corrected chi connectivity index (χ0v) is 12.2. The van der Waals surface area contributed by atoms with Gasteiger partial charge in [0.2, 0.25) is 10.0 Å². The van der Waals surface area contributed by atoms with Crippen LogP contribution in [-0.2, 0) is 10.0 Å². The molecular formula is C12H16N2O3S2. The van der Waals surface area contributed by atoms with Crippen LogP contribution in [0.2, 0.25) is 0 Å². The lowest BCUT2D eigenvalue weighted by atomic mass is 10.1. The SMILES string of the molecule is CC1(O)CCN(S(=O)(=O)c2cccc(C(N)=S)c2)C1. The van der Waals surface area contributed by atoms with Gasteiger partial charge in [0, 0.05) is 18.7 Å².